The van der Waals surface area contributed by atoms with E-state index < -0.39 is 28.3 Å². The number of Topliss-reactive ketones (excluding diaryl/α,β-unsaturated/α-hetero) is 1. The highest BCUT2D eigenvalue weighted by Crippen LogP contribution is 2.41. The fraction of sp³-hybridized carbons (Fsp3) is 0.500. The Morgan fingerprint density at radius 1 is 1.28 bits per heavy atom. The van der Waals surface area contributed by atoms with E-state index in [9.17, 15) is 19.7 Å². The van der Waals surface area contributed by atoms with Crippen LogP contribution in [0.1, 0.15) is 46.1 Å². The third-order valence-electron chi connectivity index (χ3n) is 4.59. The van der Waals surface area contributed by atoms with Gasteiger partial charge in [-0.25, -0.2) is 9.79 Å². The number of alkyl halides is 1. The summed E-state index contributed by atoms with van der Waals surface area (Å²) in [5, 5.41) is 11.3. The van der Waals surface area contributed by atoms with Crippen LogP contribution < -0.4 is 0 Å². The summed E-state index contributed by atoms with van der Waals surface area (Å²) < 4.78 is 16.4. The number of nitro benzene ring substituents is 1. The van der Waals surface area contributed by atoms with Crippen LogP contribution >= 0.6 is 11.6 Å². The molecule has 2 unspecified atom stereocenters. The van der Waals surface area contributed by atoms with E-state index in [2.05, 4.69) is 4.99 Å². The summed E-state index contributed by atoms with van der Waals surface area (Å²) in [6.07, 6.45) is 0. The summed E-state index contributed by atoms with van der Waals surface area (Å²) in [6, 6.07) is 5.80. The minimum Gasteiger partial charge on any atom is -0.457 e. The molecular formula is C22H27ClN2O7. The predicted molar refractivity (Wildman–Crippen MR) is 119 cm³/mol. The fourth-order valence-corrected chi connectivity index (χ4v) is 3.48. The Morgan fingerprint density at radius 2 is 1.97 bits per heavy atom. The second-order valence-electron chi connectivity index (χ2n) is 8.23. The lowest BCUT2D eigenvalue weighted by Crippen LogP contribution is -2.38. The van der Waals surface area contributed by atoms with Crippen LogP contribution in [0.3, 0.4) is 0 Å². The van der Waals surface area contributed by atoms with Gasteiger partial charge in [0, 0.05) is 23.9 Å². The quantitative estimate of drug-likeness (QED) is 0.141. The van der Waals surface area contributed by atoms with Crippen LogP contribution in [0.25, 0.3) is 0 Å². The van der Waals surface area contributed by atoms with Gasteiger partial charge in [-0.05, 0) is 40.2 Å². The molecule has 0 aliphatic carbocycles. The predicted octanol–water partition coefficient (Wildman–Crippen LogP) is 4.14. The number of ether oxygens (including phenoxy) is 3. The number of carbonyl (C=O) groups is 2. The van der Waals surface area contributed by atoms with Crippen LogP contribution in [-0.2, 0) is 23.8 Å². The van der Waals surface area contributed by atoms with Gasteiger partial charge >= 0.3 is 5.97 Å². The number of ketones is 1. The average molecular weight is 467 g/mol. The van der Waals surface area contributed by atoms with Crippen LogP contribution in [0.2, 0.25) is 0 Å². The number of nitro groups is 1. The third kappa shape index (κ3) is 6.37. The standard InChI is InChI=1S/C22H27ClN2O7/c1-13-17(21(27)32-22(3,4)5)19(15-7-6-8-16(11-15)25(28)29)18(14(2)26)20(24-13)31-12-30-10-9-23/h6-8,11,18-19H,9-10,12H2,1-5H3. The molecule has 0 radical (unpaired) electrons. The van der Waals surface area contributed by atoms with Crippen molar-refractivity contribution >= 4 is 34.9 Å². The second kappa shape index (κ2) is 10.7. The molecule has 10 heteroatoms. The Morgan fingerprint density at radius 3 is 2.53 bits per heavy atom. The lowest BCUT2D eigenvalue weighted by molar-refractivity contribution is -0.384. The van der Waals surface area contributed by atoms with Crippen molar-refractivity contribution < 1.29 is 28.7 Å². The number of halogens is 1. The summed E-state index contributed by atoms with van der Waals surface area (Å²) >= 11 is 5.60. The molecule has 0 amide bonds. The van der Waals surface area contributed by atoms with Crippen molar-refractivity contribution in [3.05, 3.63) is 51.2 Å². The highest BCUT2D eigenvalue weighted by molar-refractivity contribution is 6.18. The highest BCUT2D eigenvalue weighted by Gasteiger charge is 2.43. The lowest BCUT2D eigenvalue weighted by atomic mass is 9.76. The van der Waals surface area contributed by atoms with Gasteiger partial charge in [-0.2, -0.15) is 0 Å². The Kier molecular flexibility index (Phi) is 8.51. The molecule has 0 bridgehead atoms. The van der Waals surface area contributed by atoms with E-state index >= 15 is 0 Å². The first-order chi connectivity index (χ1) is 15.0. The van der Waals surface area contributed by atoms with Gasteiger partial charge in [0.25, 0.3) is 5.69 Å². The van der Waals surface area contributed by atoms with Crippen LogP contribution in [0.4, 0.5) is 5.69 Å². The summed E-state index contributed by atoms with van der Waals surface area (Å²) in [5.41, 5.74) is -0.117. The molecule has 1 aliphatic heterocycles. The maximum Gasteiger partial charge on any atom is 0.337 e. The summed E-state index contributed by atoms with van der Waals surface area (Å²) in [4.78, 5) is 41.0. The van der Waals surface area contributed by atoms with E-state index in [1.807, 2.05) is 0 Å². The monoisotopic (exact) mass is 466 g/mol. The van der Waals surface area contributed by atoms with Crippen molar-refractivity contribution in [3.8, 4) is 0 Å². The largest absolute Gasteiger partial charge is 0.457 e. The first-order valence-electron chi connectivity index (χ1n) is 10.00. The van der Waals surface area contributed by atoms with Crippen molar-refractivity contribution in [2.24, 2.45) is 10.9 Å². The second-order valence-corrected chi connectivity index (χ2v) is 8.61. The molecule has 0 fully saturated rings. The Balaban J connectivity index is 2.62. The van der Waals surface area contributed by atoms with Gasteiger partial charge in [-0.1, -0.05) is 12.1 Å². The molecule has 0 saturated heterocycles. The van der Waals surface area contributed by atoms with Crippen LogP contribution in [0.15, 0.2) is 40.5 Å². The molecule has 0 aromatic heterocycles. The van der Waals surface area contributed by atoms with Crippen LogP contribution in [0, 0.1) is 16.0 Å². The number of esters is 1. The molecule has 32 heavy (non-hydrogen) atoms. The van der Waals surface area contributed by atoms with Crippen molar-refractivity contribution in [3.63, 3.8) is 0 Å². The number of aliphatic imine (C=N–C) groups is 1. The number of hydrogen-bond donors (Lipinski definition) is 0. The maximum atomic E-state index is 13.1. The van der Waals surface area contributed by atoms with Gasteiger partial charge in [0.05, 0.1) is 22.8 Å². The molecule has 1 heterocycles. The van der Waals surface area contributed by atoms with Gasteiger partial charge < -0.3 is 14.2 Å². The van der Waals surface area contributed by atoms with E-state index in [4.69, 9.17) is 25.8 Å². The molecule has 9 nitrogen and oxygen atoms in total. The van der Waals surface area contributed by atoms with Gasteiger partial charge in [-0.3, -0.25) is 14.9 Å². The number of benzene rings is 1. The molecular weight excluding hydrogens is 440 g/mol. The van der Waals surface area contributed by atoms with Gasteiger partial charge in [0.1, 0.15) is 17.3 Å². The lowest BCUT2D eigenvalue weighted by Gasteiger charge is -2.33. The van der Waals surface area contributed by atoms with Crippen LogP contribution in [0.5, 0.6) is 0 Å². The summed E-state index contributed by atoms with van der Waals surface area (Å²) in [5.74, 6) is -2.53. The first-order valence-corrected chi connectivity index (χ1v) is 10.5. The number of carbonyl (C=O) groups excluding carboxylic acids is 2. The van der Waals surface area contributed by atoms with E-state index in [-0.39, 0.29) is 42.2 Å². The number of rotatable bonds is 8. The summed E-state index contributed by atoms with van der Waals surface area (Å²) in [6.45, 7) is 8.17. The normalized spacial score (nSPS) is 18.8. The van der Waals surface area contributed by atoms with Crippen LogP contribution in [-0.4, -0.2) is 47.5 Å². The molecule has 1 aromatic carbocycles. The maximum absolute atomic E-state index is 13.1. The first kappa shape index (κ1) is 25.5. The molecule has 2 atom stereocenters. The van der Waals surface area contributed by atoms with Gasteiger partial charge in [-0.15, -0.1) is 11.6 Å². The molecule has 1 aliphatic rings. The fourth-order valence-electron chi connectivity index (χ4n) is 3.37. The van der Waals surface area contributed by atoms with E-state index in [1.165, 1.54) is 25.1 Å². The number of non-ortho nitro benzene ring substituents is 1. The Bertz CT molecular complexity index is 950. The van der Waals surface area contributed by atoms with Crippen molar-refractivity contribution in [1.82, 2.24) is 0 Å². The van der Waals surface area contributed by atoms with Crippen molar-refractivity contribution in [1.29, 1.82) is 0 Å². The number of nitrogens with zero attached hydrogens (tertiary/aromatic N) is 2. The van der Waals surface area contributed by atoms with E-state index in [0.29, 0.717) is 11.3 Å². The minimum atomic E-state index is -0.997. The SMILES string of the molecule is CC(=O)C1C(OCOCCCl)=NC(C)=C(C(=O)OC(C)(C)C)C1c1cccc([N+](=O)[O-])c1. The molecule has 2 rings (SSSR count). The smallest absolute Gasteiger partial charge is 0.337 e. The highest BCUT2D eigenvalue weighted by atomic mass is 35.5. The van der Waals surface area contributed by atoms with Crippen molar-refractivity contribution in [2.75, 3.05) is 19.3 Å². The number of hydrogen-bond acceptors (Lipinski definition) is 8. The number of allylic oxidation sites excluding steroid dienone is 1. The third-order valence-corrected chi connectivity index (χ3v) is 4.74. The molecule has 0 saturated carbocycles. The van der Waals surface area contributed by atoms with Crippen molar-refractivity contribution in [2.45, 2.75) is 46.1 Å². The van der Waals surface area contributed by atoms with Gasteiger partial charge in [0.2, 0.25) is 5.90 Å². The van der Waals surface area contributed by atoms with Gasteiger partial charge in [0.15, 0.2) is 6.79 Å². The Labute approximate surface area is 191 Å². The average Bonchev–Trinajstić information content (AvgIpc) is 2.69. The minimum absolute atomic E-state index is 0.0633. The molecule has 0 spiro atoms. The topological polar surface area (TPSA) is 117 Å². The molecule has 174 valence electrons. The Hall–Kier alpha value is -2.78. The summed E-state index contributed by atoms with van der Waals surface area (Å²) in [7, 11) is 0. The zero-order valence-corrected chi connectivity index (χ0v) is 19.5. The molecule has 0 N–H and O–H groups in total. The van der Waals surface area contributed by atoms with E-state index in [0.717, 1.165) is 0 Å². The zero-order chi connectivity index (χ0) is 24.1. The van der Waals surface area contributed by atoms with E-state index in [1.54, 1.807) is 33.8 Å². The molecule has 1 aromatic rings. The zero-order valence-electron chi connectivity index (χ0n) is 18.7.